The number of halogens is 1. The predicted molar refractivity (Wildman–Crippen MR) is 118 cm³/mol. The number of hydrogen-bond acceptors (Lipinski definition) is 4. The molecule has 0 fully saturated rings. The summed E-state index contributed by atoms with van der Waals surface area (Å²) in [6, 6.07) is 15.2. The van der Waals surface area contributed by atoms with Crippen LogP contribution < -0.4 is 5.32 Å². The fourth-order valence-corrected chi connectivity index (χ4v) is 3.70. The number of benzene rings is 2. The van der Waals surface area contributed by atoms with Crippen LogP contribution in [0.4, 0.5) is 4.39 Å². The number of rotatable bonds is 7. The fraction of sp³-hybridized carbons (Fsp3) is 0.250. The highest BCUT2D eigenvalue weighted by atomic mass is 19.1. The molecule has 1 aliphatic rings. The van der Waals surface area contributed by atoms with Crippen LogP contribution in [0.5, 0.6) is 0 Å². The Kier molecular flexibility index (Phi) is 6.39. The number of amides is 2. The van der Waals surface area contributed by atoms with Gasteiger partial charge in [0, 0.05) is 44.3 Å². The van der Waals surface area contributed by atoms with Gasteiger partial charge < -0.3 is 9.88 Å². The van der Waals surface area contributed by atoms with Gasteiger partial charge in [-0.05, 0) is 11.6 Å². The van der Waals surface area contributed by atoms with E-state index in [4.69, 9.17) is 0 Å². The maximum Gasteiger partial charge on any atom is 0.243 e. The van der Waals surface area contributed by atoms with E-state index < -0.39 is 11.9 Å². The van der Waals surface area contributed by atoms with Gasteiger partial charge in [0.25, 0.3) is 0 Å². The molecule has 0 aliphatic carbocycles. The Bertz CT molecular complexity index is 1140. The molecule has 3 aromatic rings. The molecule has 0 saturated carbocycles. The standard InChI is InChI=1S/C24H24FN5O2/c1-29-16-14-26-24(29)23(18-9-5-6-10-19(18)25)27-21(31)11-12-22(32)30-15-13-20(28-30)17-7-3-2-4-8-17/h2-10,14,16,23H,11-13,15H2,1H3,(H,27,31). The van der Waals surface area contributed by atoms with Crippen molar-refractivity contribution in [3.8, 4) is 0 Å². The Balaban J connectivity index is 1.40. The van der Waals surface area contributed by atoms with Crippen LogP contribution in [0.25, 0.3) is 0 Å². The second-order valence-electron chi connectivity index (χ2n) is 7.60. The molecule has 1 aromatic heterocycles. The maximum atomic E-state index is 14.4. The molecule has 0 bridgehead atoms. The molecule has 0 radical (unpaired) electrons. The van der Waals surface area contributed by atoms with E-state index in [1.807, 2.05) is 30.3 Å². The van der Waals surface area contributed by atoms with Crippen molar-refractivity contribution in [3.05, 3.63) is 89.8 Å². The van der Waals surface area contributed by atoms with Crippen LogP contribution in [0.15, 0.2) is 72.1 Å². The molecular weight excluding hydrogens is 409 g/mol. The third-order valence-corrected chi connectivity index (χ3v) is 5.40. The van der Waals surface area contributed by atoms with E-state index in [0.717, 1.165) is 11.3 Å². The normalized spacial score (nSPS) is 14.2. The van der Waals surface area contributed by atoms with Crippen LogP contribution in [0, 0.1) is 5.82 Å². The number of aromatic nitrogens is 2. The van der Waals surface area contributed by atoms with Crippen molar-refractivity contribution in [2.75, 3.05) is 6.54 Å². The van der Waals surface area contributed by atoms with E-state index in [0.29, 0.717) is 24.4 Å². The van der Waals surface area contributed by atoms with Crippen LogP contribution >= 0.6 is 0 Å². The molecule has 4 rings (SSSR count). The summed E-state index contributed by atoms with van der Waals surface area (Å²) in [6.45, 7) is 0.496. The monoisotopic (exact) mass is 433 g/mol. The van der Waals surface area contributed by atoms with Gasteiger partial charge in [-0.25, -0.2) is 14.4 Å². The molecule has 0 spiro atoms. The lowest BCUT2D eigenvalue weighted by molar-refractivity contribution is -0.133. The van der Waals surface area contributed by atoms with Crippen LogP contribution in [-0.2, 0) is 16.6 Å². The highest BCUT2D eigenvalue weighted by Gasteiger charge is 2.25. The lowest BCUT2D eigenvalue weighted by Crippen LogP contribution is -2.33. The van der Waals surface area contributed by atoms with Gasteiger partial charge in [-0.15, -0.1) is 0 Å². The van der Waals surface area contributed by atoms with Crippen molar-refractivity contribution in [1.29, 1.82) is 0 Å². The zero-order valence-corrected chi connectivity index (χ0v) is 17.7. The van der Waals surface area contributed by atoms with Gasteiger partial charge in [0.1, 0.15) is 17.7 Å². The lowest BCUT2D eigenvalue weighted by atomic mass is 10.0. The van der Waals surface area contributed by atoms with Crippen molar-refractivity contribution in [2.45, 2.75) is 25.3 Å². The molecule has 2 aromatic carbocycles. The largest absolute Gasteiger partial charge is 0.342 e. The van der Waals surface area contributed by atoms with Crippen LogP contribution in [0.1, 0.15) is 42.3 Å². The summed E-state index contributed by atoms with van der Waals surface area (Å²) >= 11 is 0. The van der Waals surface area contributed by atoms with Crippen LogP contribution in [0.2, 0.25) is 0 Å². The molecule has 1 aliphatic heterocycles. The second-order valence-corrected chi connectivity index (χ2v) is 7.60. The zero-order valence-electron chi connectivity index (χ0n) is 17.7. The van der Waals surface area contributed by atoms with E-state index in [1.165, 1.54) is 11.1 Å². The Morgan fingerprint density at radius 3 is 2.56 bits per heavy atom. The summed E-state index contributed by atoms with van der Waals surface area (Å²) in [6.07, 6.45) is 3.99. The minimum absolute atomic E-state index is 0.0158. The minimum atomic E-state index is -0.756. The third kappa shape index (κ3) is 4.74. The first-order valence-electron chi connectivity index (χ1n) is 10.5. The average Bonchev–Trinajstić information content (AvgIpc) is 3.47. The lowest BCUT2D eigenvalue weighted by Gasteiger charge is -2.20. The number of carbonyl (C=O) groups excluding carboxylic acids is 2. The number of aryl methyl sites for hydroxylation is 1. The highest BCUT2D eigenvalue weighted by Crippen LogP contribution is 2.23. The second kappa shape index (κ2) is 9.55. The molecule has 1 N–H and O–H groups in total. The van der Waals surface area contributed by atoms with E-state index in [1.54, 1.807) is 42.2 Å². The molecule has 32 heavy (non-hydrogen) atoms. The van der Waals surface area contributed by atoms with Gasteiger partial charge in [0.2, 0.25) is 11.8 Å². The first-order valence-corrected chi connectivity index (χ1v) is 10.5. The van der Waals surface area contributed by atoms with Gasteiger partial charge in [-0.3, -0.25) is 9.59 Å². The first kappa shape index (κ1) is 21.4. The number of hydrazone groups is 1. The fourth-order valence-electron chi connectivity index (χ4n) is 3.70. The molecule has 164 valence electrons. The predicted octanol–water partition coefficient (Wildman–Crippen LogP) is 3.18. The third-order valence-electron chi connectivity index (χ3n) is 5.40. The van der Waals surface area contributed by atoms with E-state index in [-0.39, 0.29) is 24.7 Å². The molecule has 1 atom stereocenters. The summed E-state index contributed by atoms with van der Waals surface area (Å²) in [5.74, 6) is -0.505. The summed E-state index contributed by atoms with van der Waals surface area (Å²) < 4.78 is 16.2. The maximum absolute atomic E-state index is 14.4. The molecule has 2 heterocycles. The van der Waals surface area contributed by atoms with Gasteiger partial charge in [0.15, 0.2) is 0 Å². The molecule has 2 amide bonds. The first-order chi connectivity index (χ1) is 15.5. The molecule has 1 unspecified atom stereocenters. The molecule has 7 nitrogen and oxygen atoms in total. The van der Waals surface area contributed by atoms with Crippen molar-refractivity contribution in [2.24, 2.45) is 12.1 Å². The minimum Gasteiger partial charge on any atom is -0.342 e. The van der Waals surface area contributed by atoms with Gasteiger partial charge in [-0.1, -0.05) is 48.5 Å². The number of hydrogen-bond donors (Lipinski definition) is 1. The topological polar surface area (TPSA) is 79.6 Å². The van der Waals surface area contributed by atoms with E-state index in [9.17, 15) is 14.0 Å². The van der Waals surface area contributed by atoms with E-state index in [2.05, 4.69) is 15.4 Å². The quantitative estimate of drug-likeness (QED) is 0.622. The van der Waals surface area contributed by atoms with Crippen molar-refractivity contribution in [1.82, 2.24) is 19.9 Å². The zero-order chi connectivity index (χ0) is 22.5. The Labute approximate surface area is 185 Å². The smallest absolute Gasteiger partial charge is 0.243 e. The molecule has 0 saturated heterocycles. The highest BCUT2D eigenvalue weighted by molar-refractivity contribution is 6.02. The Morgan fingerprint density at radius 1 is 1.09 bits per heavy atom. The Morgan fingerprint density at radius 2 is 1.84 bits per heavy atom. The number of nitrogens with zero attached hydrogens (tertiary/aromatic N) is 4. The summed E-state index contributed by atoms with van der Waals surface area (Å²) in [7, 11) is 1.78. The number of carbonyl (C=O) groups is 2. The van der Waals surface area contributed by atoms with Crippen LogP contribution in [-0.4, -0.2) is 38.6 Å². The van der Waals surface area contributed by atoms with Crippen molar-refractivity contribution < 1.29 is 14.0 Å². The molecule has 8 heteroatoms. The Hall–Kier alpha value is -3.81. The van der Waals surface area contributed by atoms with Crippen LogP contribution in [0.3, 0.4) is 0 Å². The van der Waals surface area contributed by atoms with Crippen molar-refractivity contribution >= 4 is 17.5 Å². The van der Waals surface area contributed by atoms with Crippen molar-refractivity contribution in [3.63, 3.8) is 0 Å². The molecular formula is C24H24FN5O2. The van der Waals surface area contributed by atoms with Gasteiger partial charge in [0.05, 0.1) is 12.3 Å². The summed E-state index contributed by atoms with van der Waals surface area (Å²) in [5, 5.41) is 8.66. The average molecular weight is 433 g/mol. The van der Waals surface area contributed by atoms with Gasteiger partial charge >= 0.3 is 0 Å². The summed E-state index contributed by atoms with van der Waals surface area (Å²) in [4.78, 5) is 29.5. The number of nitrogens with one attached hydrogen (secondary N) is 1. The number of imidazole rings is 1. The van der Waals surface area contributed by atoms with E-state index >= 15 is 0 Å². The SMILES string of the molecule is Cn1ccnc1C(NC(=O)CCC(=O)N1CCC(c2ccccc2)=N1)c1ccccc1F. The summed E-state index contributed by atoms with van der Waals surface area (Å²) in [5.41, 5.74) is 2.17. The van der Waals surface area contributed by atoms with Gasteiger partial charge in [-0.2, -0.15) is 5.10 Å².